The van der Waals surface area contributed by atoms with Crippen LogP contribution in [-0.4, -0.2) is 30.9 Å². The Morgan fingerprint density at radius 3 is 2.59 bits per heavy atom. The Hall–Kier alpha value is -2.86. The highest BCUT2D eigenvalue weighted by atomic mass is 35.5. The molecule has 2 aromatic rings. The van der Waals surface area contributed by atoms with Gasteiger partial charge in [0.15, 0.2) is 6.61 Å². The summed E-state index contributed by atoms with van der Waals surface area (Å²) < 4.78 is 5.03. The number of benzene rings is 2. The Kier molecular flexibility index (Phi) is 6.08. The molecule has 2 aromatic carbocycles. The molecule has 2 amide bonds. The van der Waals surface area contributed by atoms with Crippen molar-refractivity contribution in [1.29, 1.82) is 0 Å². The molecule has 0 aromatic heterocycles. The second-order valence-electron chi connectivity index (χ2n) is 6.18. The molecule has 0 radical (unpaired) electrons. The highest BCUT2D eigenvalue weighted by Gasteiger charge is 2.21. The second-order valence-corrected chi connectivity index (χ2v) is 6.62. The SMILES string of the molecule is O=C(COC(=O)c1ccc(N2CCCC2=O)cc1)NCc1cccc(Cl)c1. The number of ether oxygens (including phenoxy) is 1. The quantitative estimate of drug-likeness (QED) is 0.774. The van der Waals surface area contributed by atoms with Crippen LogP contribution in [0.4, 0.5) is 5.69 Å². The third kappa shape index (κ3) is 5.08. The number of anilines is 1. The minimum Gasteiger partial charge on any atom is -0.452 e. The van der Waals surface area contributed by atoms with Gasteiger partial charge in [-0.1, -0.05) is 23.7 Å². The van der Waals surface area contributed by atoms with Gasteiger partial charge in [0, 0.05) is 30.2 Å². The molecule has 0 spiro atoms. The van der Waals surface area contributed by atoms with Gasteiger partial charge in [-0.25, -0.2) is 4.79 Å². The molecule has 7 heteroatoms. The van der Waals surface area contributed by atoms with Crippen molar-refractivity contribution in [2.24, 2.45) is 0 Å². The number of carbonyl (C=O) groups is 3. The van der Waals surface area contributed by atoms with Gasteiger partial charge in [0.1, 0.15) is 0 Å². The summed E-state index contributed by atoms with van der Waals surface area (Å²) in [5.74, 6) is -0.906. The first-order valence-corrected chi connectivity index (χ1v) is 8.99. The molecule has 0 atom stereocenters. The van der Waals surface area contributed by atoms with Crippen molar-refractivity contribution in [3.8, 4) is 0 Å². The first-order chi connectivity index (χ1) is 13.0. The van der Waals surface area contributed by atoms with Gasteiger partial charge < -0.3 is 15.0 Å². The standard InChI is InChI=1S/C20H19ClN2O4/c21-16-4-1-3-14(11-16)12-22-18(24)13-27-20(26)15-6-8-17(9-7-15)23-10-2-5-19(23)25/h1,3-4,6-9,11H,2,5,10,12-13H2,(H,22,24). The number of carbonyl (C=O) groups excluding carboxylic acids is 3. The van der Waals surface area contributed by atoms with Crippen LogP contribution in [0.3, 0.4) is 0 Å². The summed E-state index contributed by atoms with van der Waals surface area (Å²) in [5, 5.41) is 3.26. The van der Waals surface area contributed by atoms with Crippen molar-refractivity contribution >= 4 is 35.1 Å². The molecular weight excluding hydrogens is 368 g/mol. The Morgan fingerprint density at radius 2 is 1.93 bits per heavy atom. The third-order valence-corrected chi connectivity index (χ3v) is 4.44. The Bertz CT molecular complexity index is 851. The lowest BCUT2D eigenvalue weighted by molar-refractivity contribution is -0.124. The molecule has 1 aliphatic heterocycles. The zero-order valence-electron chi connectivity index (χ0n) is 14.6. The maximum Gasteiger partial charge on any atom is 0.338 e. The fraction of sp³-hybridized carbons (Fsp3) is 0.250. The maximum absolute atomic E-state index is 12.1. The molecule has 0 aliphatic carbocycles. The molecule has 1 N–H and O–H groups in total. The number of nitrogens with one attached hydrogen (secondary N) is 1. The summed E-state index contributed by atoms with van der Waals surface area (Å²) in [4.78, 5) is 37.3. The first kappa shape index (κ1) is 18.9. The number of halogens is 1. The number of amides is 2. The van der Waals surface area contributed by atoms with Crippen LogP contribution in [-0.2, 0) is 20.9 Å². The predicted octanol–water partition coefficient (Wildman–Crippen LogP) is 2.94. The smallest absolute Gasteiger partial charge is 0.338 e. The van der Waals surface area contributed by atoms with Gasteiger partial charge in [-0.05, 0) is 48.4 Å². The van der Waals surface area contributed by atoms with Gasteiger partial charge in [-0.2, -0.15) is 0 Å². The fourth-order valence-electron chi connectivity index (χ4n) is 2.81. The lowest BCUT2D eigenvalue weighted by Gasteiger charge is -2.15. The molecule has 0 saturated carbocycles. The molecule has 6 nitrogen and oxygen atoms in total. The van der Waals surface area contributed by atoms with Crippen LogP contribution in [0.1, 0.15) is 28.8 Å². The molecule has 27 heavy (non-hydrogen) atoms. The molecule has 0 unspecified atom stereocenters. The summed E-state index contributed by atoms with van der Waals surface area (Å²) >= 11 is 5.89. The van der Waals surface area contributed by atoms with E-state index >= 15 is 0 Å². The van der Waals surface area contributed by atoms with E-state index in [4.69, 9.17) is 16.3 Å². The third-order valence-electron chi connectivity index (χ3n) is 4.20. The summed E-state index contributed by atoms with van der Waals surface area (Å²) in [6.07, 6.45) is 1.39. The van der Waals surface area contributed by atoms with Crippen molar-refractivity contribution in [3.63, 3.8) is 0 Å². The number of hydrogen-bond donors (Lipinski definition) is 1. The molecule has 1 saturated heterocycles. The van der Waals surface area contributed by atoms with Crippen LogP contribution in [0.2, 0.25) is 5.02 Å². The molecule has 1 heterocycles. The van der Waals surface area contributed by atoms with Crippen molar-refractivity contribution in [2.45, 2.75) is 19.4 Å². The van der Waals surface area contributed by atoms with E-state index in [-0.39, 0.29) is 12.5 Å². The van der Waals surface area contributed by atoms with E-state index in [0.29, 0.717) is 30.1 Å². The van der Waals surface area contributed by atoms with E-state index in [2.05, 4.69) is 5.32 Å². The molecule has 1 fully saturated rings. The number of hydrogen-bond acceptors (Lipinski definition) is 4. The minimum absolute atomic E-state index is 0.0849. The highest BCUT2D eigenvalue weighted by Crippen LogP contribution is 2.21. The van der Waals surface area contributed by atoms with E-state index in [9.17, 15) is 14.4 Å². The molecule has 3 rings (SSSR count). The lowest BCUT2D eigenvalue weighted by Crippen LogP contribution is -2.28. The molecule has 0 bridgehead atoms. The summed E-state index contributed by atoms with van der Waals surface area (Å²) in [5.41, 5.74) is 1.94. The van der Waals surface area contributed by atoms with Crippen molar-refractivity contribution in [2.75, 3.05) is 18.1 Å². The van der Waals surface area contributed by atoms with E-state index in [1.165, 1.54) is 0 Å². The van der Waals surface area contributed by atoms with Crippen molar-refractivity contribution < 1.29 is 19.1 Å². The molecule has 1 aliphatic rings. The van der Waals surface area contributed by atoms with E-state index in [1.807, 2.05) is 6.07 Å². The largest absolute Gasteiger partial charge is 0.452 e. The normalized spacial score (nSPS) is 13.5. The molecular formula is C20H19ClN2O4. The van der Waals surface area contributed by atoms with Gasteiger partial charge in [-0.15, -0.1) is 0 Å². The van der Waals surface area contributed by atoms with Crippen LogP contribution < -0.4 is 10.2 Å². The Balaban J connectivity index is 1.47. The van der Waals surface area contributed by atoms with Crippen molar-refractivity contribution in [3.05, 3.63) is 64.7 Å². The summed E-state index contributed by atoms with van der Waals surface area (Å²) in [7, 11) is 0. The van der Waals surface area contributed by atoms with Crippen LogP contribution in [0, 0.1) is 0 Å². The van der Waals surface area contributed by atoms with Crippen molar-refractivity contribution in [1.82, 2.24) is 5.32 Å². The van der Waals surface area contributed by atoms with Crippen LogP contribution in [0.15, 0.2) is 48.5 Å². The highest BCUT2D eigenvalue weighted by molar-refractivity contribution is 6.30. The van der Waals surface area contributed by atoms with E-state index < -0.39 is 11.9 Å². The van der Waals surface area contributed by atoms with Crippen LogP contribution >= 0.6 is 11.6 Å². The van der Waals surface area contributed by atoms with Gasteiger partial charge in [0.05, 0.1) is 5.56 Å². The van der Waals surface area contributed by atoms with Crippen LogP contribution in [0.5, 0.6) is 0 Å². The van der Waals surface area contributed by atoms with Gasteiger partial charge in [-0.3, -0.25) is 9.59 Å². The van der Waals surface area contributed by atoms with Gasteiger partial charge in [0.25, 0.3) is 5.91 Å². The zero-order valence-corrected chi connectivity index (χ0v) is 15.4. The Morgan fingerprint density at radius 1 is 1.15 bits per heavy atom. The number of nitrogens with zero attached hydrogens (tertiary/aromatic N) is 1. The second kappa shape index (κ2) is 8.68. The van der Waals surface area contributed by atoms with Gasteiger partial charge >= 0.3 is 5.97 Å². The number of esters is 1. The average Bonchev–Trinajstić information content (AvgIpc) is 3.10. The van der Waals surface area contributed by atoms with E-state index in [0.717, 1.165) is 17.7 Å². The Labute approximate surface area is 162 Å². The lowest BCUT2D eigenvalue weighted by atomic mass is 10.2. The molecule has 140 valence electrons. The fourth-order valence-corrected chi connectivity index (χ4v) is 3.02. The number of rotatable bonds is 6. The predicted molar refractivity (Wildman–Crippen MR) is 102 cm³/mol. The summed E-state index contributed by atoms with van der Waals surface area (Å²) in [6, 6.07) is 13.7. The summed E-state index contributed by atoms with van der Waals surface area (Å²) in [6.45, 7) is 0.622. The topological polar surface area (TPSA) is 75.7 Å². The van der Waals surface area contributed by atoms with E-state index in [1.54, 1.807) is 47.4 Å². The first-order valence-electron chi connectivity index (χ1n) is 8.61. The zero-order chi connectivity index (χ0) is 19.2. The van der Waals surface area contributed by atoms with Crippen LogP contribution in [0.25, 0.3) is 0 Å². The average molecular weight is 387 g/mol. The monoisotopic (exact) mass is 386 g/mol. The maximum atomic E-state index is 12.1. The minimum atomic E-state index is -0.591. The van der Waals surface area contributed by atoms with Gasteiger partial charge in [0.2, 0.25) is 5.91 Å².